The van der Waals surface area contributed by atoms with Crippen LogP contribution in [-0.2, 0) is 17.6 Å². The van der Waals surface area contributed by atoms with Crippen LogP contribution in [-0.4, -0.2) is 55.8 Å². The third kappa shape index (κ3) is 3.46. The number of nitrogens with zero attached hydrogens (tertiary/aromatic N) is 4. The van der Waals surface area contributed by atoms with Gasteiger partial charge in [-0.15, -0.1) is 0 Å². The van der Waals surface area contributed by atoms with E-state index in [4.69, 9.17) is 5.73 Å². The van der Waals surface area contributed by atoms with Crippen molar-refractivity contribution in [2.45, 2.75) is 45.1 Å². The largest absolute Gasteiger partial charge is 0.369 e. The molecule has 156 valence electrons. The van der Waals surface area contributed by atoms with Crippen molar-refractivity contribution < 1.29 is 14.7 Å². The van der Waals surface area contributed by atoms with Crippen LogP contribution in [0.15, 0.2) is 18.3 Å². The number of hydrogen-bond acceptors (Lipinski definition) is 5. The molecule has 8 nitrogen and oxygen atoms in total. The lowest BCUT2D eigenvalue weighted by Gasteiger charge is -2.30. The average molecular weight is 407 g/mol. The molecule has 1 fully saturated rings. The Balaban J connectivity index is 1.73. The number of fused-ring (bicyclic) bond motifs is 1. The Morgan fingerprint density at radius 2 is 2.10 bits per heavy atom. The number of rotatable bonds is 2. The van der Waals surface area contributed by atoms with E-state index in [0.717, 1.165) is 30.5 Å². The van der Waals surface area contributed by atoms with Gasteiger partial charge in [0.05, 0.1) is 5.69 Å². The number of primary amides is 1. The number of aromatic nitrogens is 3. The molecule has 3 N–H and O–H groups in total. The molecule has 0 unspecified atom stereocenters. The first kappa shape index (κ1) is 20.1. The molecule has 3 heterocycles. The molecule has 4 rings (SSSR count). The highest BCUT2D eigenvalue weighted by molar-refractivity contribution is 5.93. The number of nitrogens with two attached hydrogens (primary N) is 1. The molecule has 1 saturated heterocycles. The normalized spacial score (nSPS) is 22.4. The smallest absolute Gasteiger partial charge is 0.269 e. The van der Waals surface area contributed by atoms with Crippen LogP contribution in [0.4, 0.5) is 0 Å². The summed E-state index contributed by atoms with van der Waals surface area (Å²) in [6.45, 7) is 4.84. The fraction of sp³-hybridized carbons (Fsp3) is 0.455. The van der Waals surface area contributed by atoms with Crippen LogP contribution in [0.3, 0.4) is 0 Å². The molecule has 0 aromatic carbocycles. The average Bonchev–Trinajstić information content (AvgIpc) is 3.19. The number of carbonyl (C=O) groups excluding carboxylic acids is 2. The van der Waals surface area contributed by atoms with Crippen LogP contribution in [0.1, 0.15) is 54.0 Å². The van der Waals surface area contributed by atoms with Crippen molar-refractivity contribution in [2.75, 3.05) is 13.6 Å². The zero-order chi connectivity index (χ0) is 21.7. The fourth-order valence-electron chi connectivity index (χ4n) is 4.08. The van der Waals surface area contributed by atoms with Gasteiger partial charge < -0.3 is 15.7 Å². The first-order valence-corrected chi connectivity index (χ1v) is 9.98. The van der Waals surface area contributed by atoms with Gasteiger partial charge >= 0.3 is 0 Å². The number of amides is 2. The van der Waals surface area contributed by atoms with E-state index in [1.807, 2.05) is 0 Å². The molecular weight excluding hydrogens is 382 g/mol. The third-order valence-corrected chi connectivity index (χ3v) is 5.91. The molecule has 2 aromatic rings. The summed E-state index contributed by atoms with van der Waals surface area (Å²) in [5.74, 6) is 5.19. The Morgan fingerprint density at radius 3 is 2.77 bits per heavy atom. The first-order chi connectivity index (χ1) is 14.1. The van der Waals surface area contributed by atoms with Crippen molar-refractivity contribution in [1.29, 1.82) is 0 Å². The molecule has 0 saturated carbocycles. The summed E-state index contributed by atoms with van der Waals surface area (Å²) in [5, 5.41) is 15.0. The van der Waals surface area contributed by atoms with E-state index in [-0.39, 0.29) is 17.5 Å². The topological polar surface area (TPSA) is 114 Å². The van der Waals surface area contributed by atoms with Crippen LogP contribution >= 0.6 is 0 Å². The number of likely N-dealkylation sites (N-methyl/N-ethyl adjacent to an activating group) is 1. The molecule has 2 aliphatic rings. The minimum Gasteiger partial charge on any atom is -0.369 e. The molecule has 2 amide bonds. The van der Waals surface area contributed by atoms with E-state index < -0.39 is 17.4 Å². The number of pyridine rings is 1. The van der Waals surface area contributed by atoms with Gasteiger partial charge in [0, 0.05) is 37.3 Å². The molecular formula is C22H25N5O3. The van der Waals surface area contributed by atoms with E-state index in [2.05, 4.69) is 35.8 Å². The molecule has 1 aliphatic carbocycles. The summed E-state index contributed by atoms with van der Waals surface area (Å²) < 4.78 is 1.67. The van der Waals surface area contributed by atoms with Gasteiger partial charge in [0.25, 0.3) is 11.8 Å². The predicted octanol–water partition coefficient (Wildman–Crippen LogP) is 0.826. The van der Waals surface area contributed by atoms with E-state index in [1.165, 1.54) is 4.90 Å². The lowest BCUT2D eigenvalue weighted by Crippen LogP contribution is -2.37. The standard InChI is InChI=1S/C22H25N5O3/c1-21(2)7-5-15-16(13-21)27(25-18(15)19(23)28)17-12-14(6-10-24-17)4-8-22(30)9-11-26(3)20(22)29/h6,10,12,30H,5,7,9,11,13H2,1-3H3,(H2,23,28)/t22-/m0/s1. The van der Waals surface area contributed by atoms with Crippen LogP contribution in [0.5, 0.6) is 0 Å². The zero-order valence-electron chi connectivity index (χ0n) is 17.4. The predicted molar refractivity (Wildman–Crippen MR) is 110 cm³/mol. The maximum Gasteiger partial charge on any atom is 0.269 e. The number of likely N-dealkylation sites (tertiary alicyclic amines) is 1. The molecule has 8 heteroatoms. The molecule has 0 radical (unpaired) electrons. The lowest BCUT2D eigenvalue weighted by atomic mass is 9.76. The van der Waals surface area contributed by atoms with Crippen molar-refractivity contribution in [3.05, 3.63) is 40.8 Å². The Kier molecular flexibility index (Phi) is 4.66. The van der Waals surface area contributed by atoms with Gasteiger partial charge in [-0.05, 0) is 36.8 Å². The quantitative estimate of drug-likeness (QED) is 0.716. The van der Waals surface area contributed by atoms with Gasteiger partial charge in [0.1, 0.15) is 0 Å². The van der Waals surface area contributed by atoms with Gasteiger partial charge in [-0.25, -0.2) is 9.67 Å². The minimum absolute atomic E-state index is 0.0786. The summed E-state index contributed by atoms with van der Waals surface area (Å²) in [6, 6.07) is 3.44. The zero-order valence-corrected chi connectivity index (χ0v) is 17.4. The Morgan fingerprint density at radius 1 is 1.33 bits per heavy atom. The second-order valence-corrected chi connectivity index (χ2v) is 8.88. The van der Waals surface area contributed by atoms with Crippen LogP contribution in [0.25, 0.3) is 5.82 Å². The van der Waals surface area contributed by atoms with E-state index in [1.54, 1.807) is 30.1 Å². The molecule has 0 bridgehead atoms. The SMILES string of the molecule is CN1CC[C@@](O)(C#Cc2ccnc(-n3nc(C(N)=O)c4c3CC(C)(C)CC4)c2)C1=O. The van der Waals surface area contributed by atoms with Crippen LogP contribution in [0.2, 0.25) is 0 Å². The maximum absolute atomic E-state index is 12.1. The Bertz CT molecular complexity index is 1110. The van der Waals surface area contributed by atoms with E-state index in [0.29, 0.717) is 17.9 Å². The molecule has 0 spiro atoms. The van der Waals surface area contributed by atoms with Gasteiger partial charge in [-0.1, -0.05) is 25.7 Å². The van der Waals surface area contributed by atoms with Crippen LogP contribution in [0, 0.1) is 17.3 Å². The van der Waals surface area contributed by atoms with Gasteiger partial charge in [-0.2, -0.15) is 5.10 Å². The third-order valence-electron chi connectivity index (χ3n) is 5.91. The van der Waals surface area contributed by atoms with Crippen molar-refractivity contribution in [3.8, 4) is 17.7 Å². The second-order valence-electron chi connectivity index (χ2n) is 8.88. The summed E-state index contributed by atoms with van der Waals surface area (Å²) in [4.78, 5) is 29.9. The fourth-order valence-corrected chi connectivity index (χ4v) is 4.08. The molecule has 2 aromatic heterocycles. The first-order valence-electron chi connectivity index (χ1n) is 9.98. The highest BCUT2D eigenvalue weighted by atomic mass is 16.3. The van der Waals surface area contributed by atoms with Crippen LogP contribution < -0.4 is 5.73 Å². The van der Waals surface area contributed by atoms with E-state index in [9.17, 15) is 14.7 Å². The molecule has 30 heavy (non-hydrogen) atoms. The number of carbonyl (C=O) groups is 2. The van der Waals surface area contributed by atoms with Gasteiger partial charge in [0.2, 0.25) is 5.60 Å². The highest BCUT2D eigenvalue weighted by Crippen LogP contribution is 2.36. The van der Waals surface area contributed by atoms with Crippen molar-refractivity contribution in [1.82, 2.24) is 19.7 Å². The lowest BCUT2D eigenvalue weighted by molar-refractivity contribution is -0.137. The Hall–Kier alpha value is -3.18. The minimum atomic E-state index is -1.66. The number of hydrogen-bond donors (Lipinski definition) is 2. The monoisotopic (exact) mass is 407 g/mol. The van der Waals surface area contributed by atoms with Crippen molar-refractivity contribution >= 4 is 11.8 Å². The molecule has 1 aliphatic heterocycles. The molecule has 1 atom stereocenters. The summed E-state index contributed by atoms with van der Waals surface area (Å²) in [6.07, 6.45) is 4.31. The maximum atomic E-state index is 12.1. The number of aliphatic hydroxyl groups is 1. The van der Waals surface area contributed by atoms with Gasteiger partial charge in [0.15, 0.2) is 11.5 Å². The van der Waals surface area contributed by atoms with E-state index >= 15 is 0 Å². The Labute approximate surface area is 175 Å². The summed E-state index contributed by atoms with van der Waals surface area (Å²) in [5.41, 5.74) is 6.68. The van der Waals surface area contributed by atoms with Gasteiger partial charge in [-0.3, -0.25) is 9.59 Å². The van der Waals surface area contributed by atoms with Crippen molar-refractivity contribution in [2.24, 2.45) is 11.1 Å². The highest BCUT2D eigenvalue weighted by Gasteiger charge is 2.42. The van der Waals surface area contributed by atoms with Crippen molar-refractivity contribution in [3.63, 3.8) is 0 Å². The second kappa shape index (κ2) is 6.96. The summed E-state index contributed by atoms with van der Waals surface area (Å²) in [7, 11) is 1.64. The summed E-state index contributed by atoms with van der Waals surface area (Å²) >= 11 is 0.